The molecule has 0 aliphatic carbocycles. The predicted octanol–water partition coefficient (Wildman–Crippen LogP) is 1.87. The van der Waals surface area contributed by atoms with Gasteiger partial charge in [0.15, 0.2) is 11.5 Å². The highest BCUT2D eigenvalue weighted by atomic mass is 16.5. The highest BCUT2D eigenvalue weighted by Gasteiger charge is 2.24. The number of carboxylic acid groups (broad SMARTS) is 1. The normalized spacial score (nSPS) is 18.9. The molecule has 0 aromatic heterocycles. The fraction of sp³-hybridized carbons (Fsp3) is 0.533. The Balaban J connectivity index is 1.73. The number of aliphatic carboxylic acids is 1. The number of carbonyl (C=O) groups is 1. The van der Waals surface area contributed by atoms with E-state index in [0.717, 1.165) is 37.6 Å². The number of benzene rings is 1. The van der Waals surface area contributed by atoms with Gasteiger partial charge in [-0.15, -0.1) is 0 Å². The second-order valence-electron chi connectivity index (χ2n) is 5.05. The topological polar surface area (TPSA) is 59.0 Å². The lowest BCUT2D eigenvalue weighted by molar-refractivity contribution is -0.138. The lowest BCUT2D eigenvalue weighted by Gasteiger charge is -2.16. The summed E-state index contributed by atoms with van der Waals surface area (Å²) in [5.74, 6) is 1.05. The van der Waals surface area contributed by atoms with Gasteiger partial charge in [0.1, 0.15) is 6.61 Å². The first kappa shape index (κ1) is 14.7. The summed E-state index contributed by atoms with van der Waals surface area (Å²) in [4.78, 5) is 12.9. The number of nitrogens with zero attached hydrogens (tertiary/aromatic N) is 1. The van der Waals surface area contributed by atoms with E-state index >= 15 is 0 Å². The second kappa shape index (κ2) is 7.14. The van der Waals surface area contributed by atoms with Gasteiger partial charge in [-0.2, -0.15) is 0 Å². The Morgan fingerprint density at radius 3 is 2.85 bits per heavy atom. The number of ether oxygens (including phenoxy) is 2. The van der Waals surface area contributed by atoms with Gasteiger partial charge in [0.25, 0.3) is 0 Å². The molecule has 1 fully saturated rings. The molecule has 2 rings (SSSR count). The van der Waals surface area contributed by atoms with Crippen molar-refractivity contribution in [3.8, 4) is 11.5 Å². The summed E-state index contributed by atoms with van der Waals surface area (Å²) < 4.78 is 10.9. The van der Waals surface area contributed by atoms with Crippen molar-refractivity contribution in [2.24, 2.45) is 5.92 Å². The van der Waals surface area contributed by atoms with Crippen LogP contribution in [0.15, 0.2) is 24.3 Å². The Bertz CT molecular complexity index is 449. The monoisotopic (exact) mass is 279 g/mol. The standard InChI is InChI=1S/C15H21NO4/c1-19-13-4-2-3-5-14(13)20-9-8-16-7-6-12(11-16)10-15(17)18/h2-5,12H,6-11H2,1H3,(H,17,18). The third-order valence-electron chi connectivity index (χ3n) is 3.57. The van der Waals surface area contributed by atoms with Crippen LogP contribution in [-0.2, 0) is 4.79 Å². The quantitative estimate of drug-likeness (QED) is 0.825. The summed E-state index contributed by atoms with van der Waals surface area (Å²) in [5, 5.41) is 8.79. The SMILES string of the molecule is COc1ccccc1OCCN1CCC(CC(=O)O)C1. The average molecular weight is 279 g/mol. The number of rotatable bonds is 7. The van der Waals surface area contributed by atoms with Crippen molar-refractivity contribution < 1.29 is 19.4 Å². The fourth-order valence-electron chi connectivity index (χ4n) is 2.55. The van der Waals surface area contributed by atoms with Crippen molar-refractivity contribution in [2.75, 3.05) is 33.4 Å². The number of likely N-dealkylation sites (tertiary alicyclic amines) is 1. The number of carboxylic acids is 1. The molecule has 5 heteroatoms. The molecule has 0 radical (unpaired) electrons. The fourth-order valence-corrected chi connectivity index (χ4v) is 2.55. The zero-order valence-corrected chi connectivity index (χ0v) is 11.7. The Morgan fingerprint density at radius 1 is 1.40 bits per heavy atom. The molecule has 110 valence electrons. The maximum atomic E-state index is 10.7. The van der Waals surface area contributed by atoms with E-state index in [0.29, 0.717) is 6.61 Å². The van der Waals surface area contributed by atoms with E-state index in [-0.39, 0.29) is 12.3 Å². The van der Waals surface area contributed by atoms with Gasteiger partial charge >= 0.3 is 5.97 Å². The van der Waals surface area contributed by atoms with Crippen LogP contribution >= 0.6 is 0 Å². The Morgan fingerprint density at radius 2 is 2.15 bits per heavy atom. The van der Waals surface area contributed by atoms with Crippen LogP contribution in [0.3, 0.4) is 0 Å². The van der Waals surface area contributed by atoms with Gasteiger partial charge in [0.05, 0.1) is 7.11 Å². The van der Waals surface area contributed by atoms with Crippen molar-refractivity contribution >= 4 is 5.97 Å². The van der Waals surface area contributed by atoms with Crippen LogP contribution in [0.25, 0.3) is 0 Å². The maximum absolute atomic E-state index is 10.7. The van der Waals surface area contributed by atoms with Crippen LogP contribution in [0.5, 0.6) is 11.5 Å². The molecule has 1 aromatic carbocycles. The molecule has 0 saturated carbocycles. The van der Waals surface area contributed by atoms with E-state index in [4.69, 9.17) is 14.6 Å². The first-order valence-corrected chi connectivity index (χ1v) is 6.89. The van der Waals surface area contributed by atoms with Gasteiger partial charge < -0.3 is 14.6 Å². The number of para-hydroxylation sites is 2. The average Bonchev–Trinajstić information content (AvgIpc) is 2.86. The van der Waals surface area contributed by atoms with Gasteiger partial charge in [-0.3, -0.25) is 9.69 Å². The van der Waals surface area contributed by atoms with Crippen molar-refractivity contribution in [1.82, 2.24) is 4.90 Å². The van der Waals surface area contributed by atoms with Crippen LogP contribution in [0.1, 0.15) is 12.8 Å². The van der Waals surface area contributed by atoms with Crippen LogP contribution < -0.4 is 9.47 Å². The molecule has 1 aromatic rings. The molecule has 1 heterocycles. The first-order valence-electron chi connectivity index (χ1n) is 6.89. The largest absolute Gasteiger partial charge is 0.493 e. The van der Waals surface area contributed by atoms with Gasteiger partial charge in [-0.05, 0) is 31.0 Å². The Hall–Kier alpha value is -1.75. The molecule has 1 aliphatic heterocycles. The minimum atomic E-state index is -0.706. The molecule has 1 saturated heterocycles. The third kappa shape index (κ3) is 4.13. The van der Waals surface area contributed by atoms with Crippen molar-refractivity contribution in [1.29, 1.82) is 0 Å². The highest BCUT2D eigenvalue weighted by Crippen LogP contribution is 2.26. The minimum absolute atomic E-state index is 0.268. The molecule has 1 atom stereocenters. The zero-order valence-electron chi connectivity index (χ0n) is 11.7. The van der Waals surface area contributed by atoms with E-state index in [1.54, 1.807) is 7.11 Å². The summed E-state index contributed by atoms with van der Waals surface area (Å²) in [7, 11) is 1.62. The summed E-state index contributed by atoms with van der Waals surface area (Å²) in [6.45, 7) is 3.20. The molecule has 20 heavy (non-hydrogen) atoms. The number of methoxy groups -OCH3 is 1. The molecule has 0 spiro atoms. The van der Waals surface area contributed by atoms with E-state index < -0.39 is 5.97 Å². The second-order valence-corrected chi connectivity index (χ2v) is 5.05. The Labute approximate surface area is 119 Å². The van der Waals surface area contributed by atoms with Gasteiger partial charge in [0, 0.05) is 19.5 Å². The summed E-state index contributed by atoms with van der Waals surface area (Å²) in [6, 6.07) is 7.57. The number of hydrogen-bond acceptors (Lipinski definition) is 4. The smallest absolute Gasteiger partial charge is 0.303 e. The van der Waals surface area contributed by atoms with E-state index in [1.807, 2.05) is 24.3 Å². The van der Waals surface area contributed by atoms with Crippen LogP contribution in [0, 0.1) is 5.92 Å². The zero-order chi connectivity index (χ0) is 14.4. The molecule has 5 nitrogen and oxygen atoms in total. The lowest BCUT2D eigenvalue weighted by Crippen LogP contribution is -2.26. The van der Waals surface area contributed by atoms with E-state index in [2.05, 4.69) is 4.90 Å². The third-order valence-corrected chi connectivity index (χ3v) is 3.57. The molecular weight excluding hydrogens is 258 g/mol. The Kier molecular flexibility index (Phi) is 5.24. The highest BCUT2D eigenvalue weighted by molar-refractivity contribution is 5.67. The van der Waals surface area contributed by atoms with Gasteiger partial charge in [0.2, 0.25) is 0 Å². The van der Waals surface area contributed by atoms with Crippen molar-refractivity contribution in [3.05, 3.63) is 24.3 Å². The van der Waals surface area contributed by atoms with E-state index in [1.165, 1.54) is 0 Å². The van der Waals surface area contributed by atoms with E-state index in [9.17, 15) is 4.79 Å². The number of hydrogen-bond donors (Lipinski definition) is 1. The molecule has 1 aliphatic rings. The molecule has 0 bridgehead atoms. The lowest BCUT2D eigenvalue weighted by atomic mass is 10.1. The molecule has 0 amide bonds. The van der Waals surface area contributed by atoms with Crippen molar-refractivity contribution in [3.63, 3.8) is 0 Å². The molecular formula is C15H21NO4. The maximum Gasteiger partial charge on any atom is 0.303 e. The summed E-state index contributed by atoms with van der Waals surface area (Å²) in [6.07, 6.45) is 1.23. The van der Waals surface area contributed by atoms with Gasteiger partial charge in [-0.25, -0.2) is 0 Å². The van der Waals surface area contributed by atoms with Gasteiger partial charge in [-0.1, -0.05) is 12.1 Å². The molecule has 1 unspecified atom stereocenters. The summed E-state index contributed by atoms with van der Waals surface area (Å²) in [5.41, 5.74) is 0. The van der Waals surface area contributed by atoms with Crippen LogP contribution in [0.4, 0.5) is 0 Å². The first-order chi connectivity index (χ1) is 9.69. The molecule has 1 N–H and O–H groups in total. The predicted molar refractivity (Wildman–Crippen MR) is 75.3 cm³/mol. The van der Waals surface area contributed by atoms with Crippen LogP contribution in [-0.4, -0.2) is 49.3 Å². The van der Waals surface area contributed by atoms with Crippen molar-refractivity contribution in [2.45, 2.75) is 12.8 Å². The minimum Gasteiger partial charge on any atom is -0.493 e. The van der Waals surface area contributed by atoms with Crippen LogP contribution in [0.2, 0.25) is 0 Å². The summed E-state index contributed by atoms with van der Waals surface area (Å²) >= 11 is 0.